The van der Waals surface area contributed by atoms with Gasteiger partial charge in [-0.1, -0.05) is 12.1 Å². The molecule has 1 fully saturated rings. The summed E-state index contributed by atoms with van der Waals surface area (Å²) in [4.78, 5) is 2.05. The van der Waals surface area contributed by atoms with Crippen LogP contribution >= 0.6 is 0 Å². The molecule has 2 nitrogen and oxygen atoms in total. The number of rotatable bonds is 2. The Kier molecular flexibility index (Phi) is 3.92. The van der Waals surface area contributed by atoms with Crippen molar-refractivity contribution in [2.24, 2.45) is 0 Å². The van der Waals surface area contributed by atoms with Gasteiger partial charge in [0, 0.05) is 32.2 Å². The van der Waals surface area contributed by atoms with Crippen molar-refractivity contribution in [3.05, 3.63) is 35.4 Å². The van der Waals surface area contributed by atoms with Crippen LogP contribution in [0.5, 0.6) is 0 Å². The van der Waals surface area contributed by atoms with Gasteiger partial charge in [-0.25, -0.2) is 0 Å². The number of nitrogens with one attached hydrogen (secondary N) is 1. The quantitative estimate of drug-likeness (QED) is 0.874. The highest BCUT2D eigenvalue weighted by Gasteiger charge is 2.33. The fourth-order valence-corrected chi connectivity index (χ4v) is 2.26. The molecule has 1 radical (unpaired) electrons. The van der Waals surface area contributed by atoms with E-state index in [1.54, 1.807) is 0 Å². The zero-order valence-electron chi connectivity index (χ0n) is 10.2. The standard InChI is InChI=1S/C13H16F3N2/c1-10-8-18(7-6-17-10)9-11-4-2-3-5-12(11)13(14,15)16/h2,4-5,10,17H,6-9H2,1H3/t10-/m0/s1. The van der Waals surface area contributed by atoms with Crippen molar-refractivity contribution in [1.29, 1.82) is 0 Å². The van der Waals surface area contributed by atoms with Crippen molar-refractivity contribution >= 4 is 0 Å². The maximum Gasteiger partial charge on any atom is 0.416 e. The molecule has 0 unspecified atom stereocenters. The molecular weight excluding hydrogens is 241 g/mol. The van der Waals surface area contributed by atoms with Crippen molar-refractivity contribution < 1.29 is 13.2 Å². The molecule has 1 aromatic carbocycles. The molecular formula is C13H16F3N2. The van der Waals surface area contributed by atoms with Gasteiger partial charge in [-0.2, -0.15) is 13.2 Å². The molecule has 1 aliphatic rings. The Bertz CT molecular complexity index is 403. The minimum atomic E-state index is -4.30. The molecule has 1 heterocycles. The van der Waals surface area contributed by atoms with Gasteiger partial charge in [0.1, 0.15) is 0 Å². The molecule has 0 aromatic heterocycles. The molecule has 1 aromatic rings. The number of piperazine rings is 1. The van der Waals surface area contributed by atoms with Crippen LogP contribution in [0.15, 0.2) is 18.2 Å². The Labute approximate surface area is 105 Å². The van der Waals surface area contributed by atoms with Crippen LogP contribution in [0.3, 0.4) is 0 Å². The average Bonchev–Trinajstić information content (AvgIpc) is 2.28. The molecule has 1 aliphatic heterocycles. The van der Waals surface area contributed by atoms with Crippen LogP contribution < -0.4 is 5.32 Å². The van der Waals surface area contributed by atoms with E-state index in [1.165, 1.54) is 12.1 Å². The lowest BCUT2D eigenvalue weighted by Gasteiger charge is -2.32. The van der Waals surface area contributed by atoms with Gasteiger partial charge in [0.15, 0.2) is 0 Å². The minimum Gasteiger partial charge on any atom is -0.312 e. The van der Waals surface area contributed by atoms with E-state index in [0.717, 1.165) is 25.7 Å². The van der Waals surface area contributed by atoms with Crippen LogP contribution in [-0.4, -0.2) is 30.6 Å². The summed E-state index contributed by atoms with van der Waals surface area (Å²) in [5.74, 6) is 0. The number of nitrogens with zero attached hydrogens (tertiary/aromatic N) is 1. The average molecular weight is 257 g/mol. The van der Waals surface area contributed by atoms with Gasteiger partial charge >= 0.3 is 6.18 Å². The summed E-state index contributed by atoms with van der Waals surface area (Å²) in [6.45, 7) is 4.75. The first-order valence-corrected chi connectivity index (χ1v) is 5.99. The van der Waals surface area contributed by atoms with Crippen LogP contribution in [0, 0.1) is 6.07 Å². The Morgan fingerprint density at radius 2 is 2.28 bits per heavy atom. The highest BCUT2D eigenvalue weighted by atomic mass is 19.4. The summed E-state index contributed by atoms with van der Waals surface area (Å²) >= 11 is 0. The maximum absolute atomic E-state index is 12.8. The lowest BCUT2D eigenvalue weighted by molar-refractivity contribution is -0.138. The number of hydrogen-bond acceptors (Lipinski definition) is 2. The smallest absolute Gasteiger partial charge is 0.312 e. The normalized spacial score (nSPS) is 22.1. The van der Waals surface area contributed by atoms with Gasteiger partial charge in [0.2, 0.25) is 0 Å². The van der Waals surface area contributed by atoms with Crippen molar-refractivity contribution in [3.8, 4) is 0 Å². The molecule has 0 saturated carbocycles. The van der Waals surface area contributed by atoms with E-state index in [-0.39, 0.29) is 0 Å². The molecule has 1 N–H and O–H groups in total. The number of alkyl halides is 3. The number of halogens is 3. The predicted octanol–water partition coefficient (Wildman–Crippen LogP) is 2.30. The molecule has 1 atom stereocenters. The molecule has 2 rings (SSSR count). The van der Waals surface area contributed by atoms with Gasteiger partial charge in [-0.05, 0) is 24.6 Å². The number of hydrogen-bond donors (Lipinski definition) is 1. The predicted molar refractivity (Wildman–Crippen MR) is 63.0 cm³/mol. The maximum atomic E-state index is 12.8. The molecule has 1 saturated heterocycles. The fourth-order valence-electron chi connectivity index (χ4n) is 2.26. The molecule has 99 valence electrons. The summed E-state index contributed by atoms with van der Waals surface area (Å²) < 4.78 is 38.5. The SMILES string of the molecule is C[C@H]1CN(Cc2cc[c]cc2C(F)(F)F)CCN1. The summed E-state index contributed by atoms with van der Waals surface area (Å²) in [5, 5.41) is 3.27. The van der Waals surface area contributed by atoms with Crippen LogP contribution in [-0.2, 0) is 12.7 Å². The van der Waals surface area contributed by atoms with Crippen molar-refractivity contribution in [1.82, 2.24) is 10.2 Å². The Morgan fingerprint density at radius 1 is 1.50 bits per heavy atom. The second kappa shape index (κ2) is 5.28. The van der Waals surface area contributed by atoms with E-state index in [9.17, 15) is 13.2 Å². The van der Waals surface area contributed by atoms with Crippen LogP contribution in [0.4, 0.5) is 13.2 Å². The first-order chi connectivity index (χ1) is 8.47. The summed E-state index contributed by atoms with van der Waals surface area (Å²) in [5.41, 5.74) is -0.244. The second-order valence-electron chi connectivity index (χ2n) is 4.67. The molecule has 0 aliphatic carbocycles. The summed E-state index contributed by atoms with van der Waals surface area (Å²) in [6, 6.07) is 6.90. The van der Waals surface area contributed by atoms with Crippen LogP contribution in [0.25, 0.3) is 0 Å². The van der Waals surface area contributed by atoms with E-state index in [4.69, 9.17) is 0 Å². The summed E-state index contributed by atoms with van der Waals surface area (Å²) in [6.07, 6.45) is -4.30. The topological polar surface area (TPSA) is 15.3 Å². The van der Waals surface area contributed by atoms with Crippen LogP contribution in [0.2, 0.25) is 0 Å². The van der Waals surface area contributed by atoms with E-state index in [1.807, 2.05) is 11.8 Å². The Morgan fingerprint density at radius 3 is 2.94 bits per heavy atom. The van der Waals surface area contributed by atoms with Crippen molar-refractivity contribution in [2.45, 2.75) is 25.7 Å². The zero-order valence-corrected chi connectivity index (χ0v) is 10.2. The van der Waals surface area contributed by atoms with Gasteiger partial charge in [-0.15, -0.1) is 0 Å². The lowest BCUT2D eigenvalue weighted by Crippen LogP contribution is -2.48. The van der Waals surface area contributed by atoms with Crippen molar-refractivity contribution in [2.75, 3.05) is 19.6 Å². The molecule has 0 spiro atoms. The van der Waals surface area contributed by atoms with E-state index >= 15 is 0 Å². The van der Waals surface area contributed by atoms with Gasteiger partial charge < -0.3 is 5.32 Å². The van der Waals surface area contributed by atoms with Crippen molar-refractivity contribution in [3.63, 3.8) is 0 Å². The van der Waals surface area contributed by atoms with E-state index in [0.29, 0.717) is 18.2 Å². The Balaban J connectivity index is 2.13. The minimum absolute atomic E-state index is 0.323. The monoisotopic (exact) mass is 257 g/mol. The van der Waals surface area contributed by atoms with Gasteiger partial charge in [-0.3, -0.25) is 4.90 Å². The highest BCUT2D eigenvalue weighted by molar-refractivity contribution is 5.29. The zero-order chi connectivity index (χ0) is 13.2. The third-order valence-electron chi connectivity index (χ3n) is 3.11. The van der Waals surface area contributed by atoms with Gasteiger partial charge in [0.05, 0.1) is 5.56 Å². The summed E-state index contributed by atoms with van der Waals surface area (Å²) in [7, 11) is 0. The highest BCUT2D eigenvalue weighted by Crippen LogP contribution is 2.32. The third kappa shape index (κ3) is 3.23. The second-order valence-corrected chi connectivity index (χ2v) is 4.67. The molecule has 0 bridgehead atoms. The first-order valence-electron chi connectivity index (χ1n) is 5.99. The molecule has 5 heteroatoms. The molecule has 18 heavy (non-hydrogen) atoms. The largest absolute Gasteiger partial charge is 0.416 e. The van der Waals surface area contributed by atoms with Crippen LogP contribution in [0.1, 0.15) is 18.1 Å². The lowest BCUT2D eigenvalue weighted by atomic mass is 10.1. The van der Waals surface area contributed by atoms with Gasteiger partial charge in [0.25, 0.3) is 0 Å². The fraction of sp³-hybridized carbons (Fsp3) is 0.538. The van der Waals surface area contributed by atoms with E-state index in [2.05, 4.69) is 11.4 Å². The first kappa shape index (κ1) is 13.4. The Hall–Kier alpha value is -1.07. The third-order valence-corrected chi connectivity index (χ3v) is 3.11. The number of benzene rings is 1. The molecule has 0 amide bonds. The van der Waals surface area contributed by atoms with E-state index < -0.39 is 11.7 Å².